The van der Waals surface area contributed by atoms with Crippen LogP contribution in [0.15, 0.2) is 16.6 Å². The van der Waals surface area contributed by atoms with Crippen molar-refractivity contribution in [3.8, 4) is 6.07 Å². The largest absolute Gasteiger partial charge is 0.373 e. The molecule has 0 aliphatic heterocycles. The van der Waals surface area contributed by atoms with E-state index in [2.05, 4.69) is 22.0 Å². The minimum absolute atomic E-state index is 0.580. The molecule has 88 valence electrons. The maximum atomic E-state index is 9.58. The van der Waals surface area contributed by atoms with E-state index in [1.54, 1.807) is 12.1 Å². The number of hydrogen-bond donors (Lipinski definition) is 2. The molecule has 17 heavy (non-hydrogen) atoms. The molecule has 2 aromatic rings. The second-order valence-corrected chi connectivity index (χ2v) is 4.83. The SMILES string of the molecule is Cc1c(C(N)O)n(C)c2c(Br)cc(C#N)cc12. The third-order valence-corrected chi connectivity index (χ3v) is 3.56. The second kappa shape index (κ2) is 4.15. The Balaban J connectivity index is 2.93. The smallest absolute Gasteiger partial charge is 0.143 e. The van der Waals surface area contributed by atoms with Crippen LogP contribution in [0, 0.1) is 18.3 Å². The summed E-state index contributed by atoms with van der Waals surface area (Å²) in [6.07, 6.45) is -1.02. The van der Waals surface area contributed by atoms with Gasteiger partial charge in [-0.1, -0.05) is 0 Å². The maximum absolute atomic E-state index is 9.58. The van der Waals surface area contributed by atoms with Crippen LogP contribution in [0.3, 0.4) is 0 Å². The van der Waals surface area contributed by atoms with Gasteiger partial charge in [0.15, 0.2) is 0 Å². The Bertz CT molecular complexity index is 637. The molecule has 0 aliphatic rings. The normalized spacial score (nSPS) is 12.7. The van der Waals surface area contributed by atoms with Gasteiger partial charge in [-0.25, -0.2) is 0 Å². The van der Waals surface area contributed by atoms with Gasteiger partial charge in [0.1, 0.15) is 6.23 Å². The number of hydrogen-bond acceptors (Lipinski definition) is 3. The molecule has 0 saturated heterocycles. The quantitative estimate of drug-likeness (QED) is 0.791. The number of nitrogens with zero attached hydrogens (tertiary/aromatic N) is 2. The fourth-order valence-electron chi connectivity index (χ4n) is 2.22. The molecule has 4 nitrogen and oxygen atoms in total. The van der Waals surface area contributed by atoms with Gasteiger partial charge in [0.25, 0.3) is 0 Å². The van der Waals surface area contributed by atoms with Crippen LogP contribution in [0.5, 0.6) is 0 Å². The van der Waals surface area contributed by atoms with Crippen molar-refractivity contribution in [3.05, 3.63) is 33.4 Å². The zero-order chi connectivity index (χ0) is 12.7. The van der Waals surface area contributed by atoms with Crippen molar-refractivity contribution < 1.29 is 5.11 Å². The van der Waals surface area contributed by atoms with Gasteiger partial charge in [-0.05, 0) is 40.5 Å². The average Bonchev–Trinajstić information content (AvgIpc) is 2.51. The lowest BCUT2D eigenvalue weighted by Gasteiger charge is -2.08. The van der Waals surface area contributed by atoms with Gasteiger partial charge < -0.3 is 15.4 Å². The fourth-order valence-corrected chi connectivity index (χ4v) is 2.95. The van der Waals surface area contributed by atoms with Gasteiger partial charge in [0.2, 0.25) is 0 Å². The molecule has 0 bridgehead atoms. The van der Waals surface area contributed by atoms with Gasteiger partial charge in [-0.15, -0.1) is 0 Å². The number of rotatable bonds is 1. The number of fused-ring (bicyclic) bond motifs is 1. The zero-order valence-electron chi connectivity index (χ0n) is 9.53. The molecular weight excluding hydrogens is 282 g/mol. The van der Waals surface area contributed by atoms with Crippen LogP contribution < -0.4 is 5.73 Å². The van der Waals surface area contributed by atoms with Crippen molar-refractivity contribution in [2.45, 2.75) is 13.2 Å². The van der Waals surface area contributed by atoms with Gasteiger partial charge in [-0.2, -0.15) is 5.26 Å². The van der Waals surface area contributed by atoms with Crippen LogP contribution in [0.4, 0.5) is 0 Å². The zero-order valence-corrected chi connectivity index (χ0v) is 11.1. The molecule has 3 N–H and O–H groups in total. The molecule has 5 heteroatoms. The van der Waals surface area contributed by atoms with Gasteiger partial charge >= 0.3 is 0 Å². The van der Waals surface area contributed by atoms with Gasteiger partial charge in [0, 0.05) is 16.9 Å². The predicted molar refractivity (Wildman–Crippen MR) is 69.2 cm³/mol. The van der Waals surface area contributed by atoms with Crippen molar-refractivity contribution in [2.24, 2.45) is 12.8 Å². The molecule has 1 atom stereocenters. The van der Waals surface area contributed by atoms with Gasteiger partial charge in [-0.3, -0.25) is 0 Å². The summed E-state index contributed by atoms with van der Waals surface area (Å²) in [6.45, 7) is 1.89. The summed E-state index contributed by atoms with van der Waals surface area (Å²) < 4.78 is 2.67. The van der Waals surface area contributed by atoms with E-state index < -0.39 is 6.23 Å². The van der Waals surface area contributed by atoms with E-state index in [1.807, 2.05) is 18.5 Å². The van der Waals surface area contributed by atoms with Crippen LogP contribution in [0.2, 0.25) is 0 Å². The molecule has 0 radical (unpaired) electrons. The number of halogens is 1. The third kappa shape index (κ3) is 1.75. The summed E-state index contributed by atoms with van der Waals surface area (Å²) in [5, 5.41) is 19.5. The summed E-state index contributed by atoms with van der Waals surface area (Å²) >= 11 is 3.44. The first-order valence-electron chi connectivity index (χ1n) is 5.09. The lowest BCUT2D eigenvalue weighted by Crippen LogP contribution is -2.13. The number of aliphatic hydroxyl groups is 1. The molecule has 0 saturated carbocycles. The summed E-state index contributed by atoms with van der Waals surface area (Å²) in [4.78, 5) is 0. The lowest BCUT2D eigenvalue weighted by atomic mass is 10.1. The summed E-state index contributed by atoms with van der Waals surface area (Å²) in [7, 11) is 1.84. The van der Waals surface area contributed by atoms with E-state index in [4.69, 9.17) is 11.0 Å². The van der Waals surface area contributed by atoms with E-state index in [1.165, 1.54) is 0 Å². The third-order valence-electron chi connectivity index (χ3n) is 2.96. The van der Waals surface area contributed by atoms with Crippen molar-refractivity contribution in [3.63, 3.8) is 0 Å². The number of nitriles is 1. The first-order chi connectivity index (χ1) is 7.97. The van der Waals surface area contributed by atoms with Crippen LogP contribution in [0.1, 0.15) is 23.0 Å². The van der Waals surface area contributed by atoms with Crippen LogP contribution >= 0.6 is 15.9 Å². The Labute approximate surface area is 107 Å². The molecule has 0 aliphatic carbocycles. The van der Waals surface area contributed by atoms with Crippen molar-refractivity contribution >= 4 is 26.8 Å². The first kappa shape index (κ1) is 12.1. The Morgan fingerprint density at radius 3 is 2.71 bits per heavy atom. The van der Waals surface area contributed by atoms with Crippen LogP contribution in [-0.4, -0.2) is 9.67 Å². The summed E-state index contributed by atoms with van der Waals surface area (Å²) in [5.41, 5.74) is 8.63. The molecule has 1 unspecified atom stereocenters. The average molecular weight is 294 g/mol. The summed E-state index contributed by atoms with van der Waals surface area (Å²) in [5.74, 6) is 0. The Morgan fingerprint density at radius 2 is 2.18 bits per heavy atom. The van der Waals surface area contributed by atoms with E-state index in [-0.39, 0.29) is 0 Å². The Hall–Kier alpha value is -1.35. The molecule has 1 heterocycles. The monoisotopic (exact) mass is 293 g/mol. The number of nitrogens with two attached hydrogens (primary N) is 1. The molecule has 0 amide bonds. The molecule has 2 rings (SSSR count). The molecule has 1 aromatic carbocycles. The maximum Gasteiger partial charge on any atom is 0.143 e. The van der Waals surface area contributed by atoms with Crippen molar-refractivity contribution in [2.75, 3.05) is 0 Å². The Morgan fingerprint density at radius 1 is 1.53 bits per heavy atom. The molecule has 0 fully saturated rings. The second-order valence-electron chi connectivity index (χ2n) is 3.98. The fraction of sp³-hybridized carbons (Fsp3) is 0.250. The minimum Gasteiger partial charge on any atom is -0.373 e. The Kier molecular flexibility index (Phi) is 2.96. The summed E-state index contributed by atoms with van der Waals surface area (Å²) in [6, 6.07) is 5.68. The topological polar surface area (TPSA) is 75.0 Å². The van der Waals surface area contributed by atoms with Crippen molar-refractivity contribution in [1.29, 1.82) is 5.26 Å². The number of aryl methyl sites for hydroxylation is 2. The molecule has 1 aromatic heterocycles. The van der Waals surface area contributed by atoms with E-state index >= 15 is 0 Å². The van der Waals surface area contributed by atoms with E-state index in [9.17, 15) is 5.11 Å². The van der Waals surface area contributed by atoms with Crippen molar-refractivity contribution in [1.82, 2.24) is 4.57 Å². The van der Waals surface area contributed by atoms with Gasteiger partial charge in [0.05, 0.1) is 22.8 Å². The van der Waals surface area contributed by atoms with Crippen LogP contribution in [0.25, 0.3) is 10.9 Å². The molecular formula is C12H12BrN3O. The highest BCUT2D eigenvalue weighted by atomic mass is 79.9. The predicted octanol–water partition coefficient (Wildman–Crippen LogP) is 2.07. The highest BCUT2D eigenvalue weighted by molar-refractivity contribution is 9.10. The van der Waals surface area contributed by atoms with Crippen LogP contribution in [-0.2, 0) is 7.05 Å². The molecule has 0 spiro atoms. The minimum atomic E-state index is -1.02. The first-order valence-corrected chi connectivity index (χ1v) is 5.88. The lowest BCUT2D eigenvalue weighted by molar-refractivity contribution is 0.177. The number of aromatic nitrogens is 1. The highest BCUT2D eigenvalue weighted by Gasteiger charge is 2.18. The number of benzene rings is 1. The standard InChI is InChI=1S/C12H12BrN3O/c1-6-8-3-7(5-14)4-9(13)11(8)16(2)10(6)12(15)17/h3-4,12,17H,15H2,1-2H3. The number of aliphatic hydroxyl groups excluding tert-OH is 1. The van der Waals surface area contributed by atoms with E-state index in [0.717, 1.165) is 20.9 Å². The highest BCUT2D eigenvalue weighted by Crippen LogP contribution is 2.33. The van der Waals surface area contributed by atoms with E-state index in [0.29, 0.717) is 11.3 Å².